The van der Waals surface area contributed by atoms with Crippen molar-refractivity contribution in [3.63, 3.8) is 0 Å². The van der Waals surface area contributed by atoms with Crippen molar-refractivity contribution in [1.82, 2.24) is 4.90 Å². The maximum Gasteiger partial charge on any atom is 0.293 e. The monoisotopic (exact) mass is 447 g/mol. The first kappa shape index (κ1) is 22.0. The van der Waals surface area contributed by atoms with Crippen LogP contribution in [-0.4, -0.2) is 35.3 Å². The first-order chi connectivity index (χ1) is 15.4. The molecule has 1 heterocycles. The number of benzene rings is 3. The van der Waals surface area contributed by atoms with Crippen LogP contribution in [0.15, 0.2) is 65.6 Å². The van der Waals surface area contributed by atoms with E-state index in [1.807, 2.05) is 81.4 Å². The molecule has 0 saturated carbocycles. The van der Waals surface area contributed by atoms with E-state index in [0.717, 1.165) is 39.4 Å². The molecule has 3 aromatic carbocycles. The summed E-state index contributed by atoms with van der Waals surface area (Å²) >= 11 is 0.949. The van der Waals surface area contributed by atoms with Crippen molar-refractivity contribution in [3.05, 3.63) is 76.7 Å². The maximum absolute atomic E-state index is 13.0. The van der Waals surface area contributed by atoms with Crippen molar-refractivity contribution in [1.29, 1.82) is 0 Å². The van der Waals surface area contributed by atoms with Crippen molar-refractivity contribution in [2.75, 3.05) is 13.2 Å². The minimum absolute atomic E-state index is 0.0165. The predicted molar refractivity (Wildman–Crippen MR) is 129 cm³/mol. The summed E-state index contributed by atoms with van der Waals surface area (Å²) in [5.74, 6) is 1.10. The van der Waals surface area contributed by atoms with Crippen LogP contribution in [0.4, 0.5) is 4.79 Å². The molecule has 1 aliphatic heterocycles. The van der Waals surface area contributed by atoms with Gasteiger partial charge in [-0.3, -0.25) is 14.5 Å². The van der Waals surface area contributed by atoms with E-state index >= 15 is 0 Å². The van der Waals surface area contributed by atoms with Gasteiger partial charge in [-0.05, 0) is 73.1 Å². The van der Waals surface area contributed by atoms with E-state index in [4.69, 9.17) is 9.47 Å². The zero-order valence-electron chi connectivity index (χ0n) is 18.3. The Labute approximate surface area is 192 Å². The van der Waals surface area contributed by atoms with Crippen LogP contribution in [0.5, 0.6) is 11.5 Å². The van der Waals surface area contributed by atoms with Crippen LogP contribution in [0, 0.1) is 6.92 Å². The molecule has 0 unspecified atom stereocenters. The Bertz CT molecular complexity index is 1200. The fourth-order valence-electron chi connectivity index (χ4n) is 3.56. The molecule has 1 saturated heterocycles. The largest absolute Gasteiger partial charge is 0.492 e. The van der Waals surface area contributed by atoms with Gasteiger partial charge in [0.2, 0.25) is 0 Å². The predicted octanol–water partition coefficient (Wildman–Crippen LogP) is 6.05. The highest BCUT2D eigenvalue weighted by Gasteiger charge is 2.35. The molecule has 0 aromatic heterocycles. The van der Waals surface area contributed by atoms with E-state index in [1.165, 1.54) is 4.90 Å². The number of imide groups is 1. The van der Waals surface area contributed by atoms with Crippen molar-refractivity contribution < 1.29 is 19.1 Å². The lowest BCUT2D eigenvalue weighted by molar-refractivity contribution is -0.123. The van der Waals surface area contributed by atoms with Gasteiger partial charge in [0.25, 0.3) is 11.1 Å². The normalized spacial score (nSPS) is 15.2. The second-order valence-electron chi connectivity index (χ2n) is 7.86. The molecule has 0 aliphatic carbocycles. The van der Waals surface area contributed by atoms with Crippen LogP contribution in [-0.2, 0) is 4.79 Å². The third-order valence-corrected chi connectivity index (χ3v) is 5.92. The van der Waals surface area contributed by atoms with Crippen LogP contribution in [0.2, 0.25) is 0 Å². The Morgan fingerprint density at radius 1 is 1.03 bits per heavy atom. The van der Waals surface area contributed by atoms with Crippen molar-refractivity contribution >= 4 is 39.8 Å². The second kappa shape index (κ2) is 9.49. The summed E-state index contributed by atoms with van der Waals surface area (Å²) in [4.78, 5) is 27.2. The summed E-state index contributed by atoms with van der Waals surface area (Å²) in [5, 5.41) is 1.72. The molecule has 5 nitrogen and oxygen atoms in total. The molecule has 0 radical (unpaired) electrons. The number of hydrogen-bond donors (Lipinski definition) is 0. The van der Waals surface area contributed by atoms with E-state index in [1.54, 1.807) is 6.08 Å². The molecule has 0 atom stereocenters. The maximum atomic E-state index is 13.0. The van der Waals surface area contributed by atoms with Gasteiger partial charge in [-0.2, -0.15) is 0 Å². The van der Waals surface area contributed by atoms with Gasteiger partial charge in [-0.1, -0.05) is 42.5 Å². The second-order valence-corrected chi connectivity index (χ2v) is 8.86. The third kappa shape index (κ3) is 4.81. The number of carbonyl (C=O) groups is 2. The summed E-state index contributed by atoms with van der Waals surface area (Å²) in [7, 11) is 0. The molecule has 2 amide bonds. The van der Waals surface area contributed by atoms with Gasteiger partial charge < -0.3 is 9.47 Å². The van der Waals surface area contributed by atoms with Gasteiger partial charge in [0.05, 0.1) is 17.6 Å². The van der Waals surface area contributed by atoms with E-state index in [9.17, 15) is 9.59 Å². The number of hydrogen-bond acceptors (Lipinski definition) is 5. The lowest BCUT2D eigenvalue weighted by atomic mass is 10.0. The summed E-state index contributed by atoms with van der Waals surface area (Å²) in [6, 6.07) is 19.5. The SMILES string of the molecule is Cc1cccc(OCCN2C(=O)S/C(=C\c3c(OC(C)C)ccc4ccccc34)C2=O)c1. The van der Waals surface area contributed by atoms with E-state index in [-0.39, 0.29) is 30.4 Å². The van der Waals surface area contributed by atoms with Gasteiger partial charge in [-0.25, -0.2) is 0 Å². The number of nitrogens with zero attached hydrogens (tertiary/aromatic N) is 1. The highest BCUT2D eigenvalue weighted by molar-refractivity contribution is 8.18. The fraction of sp³-hybridized carbons (Fsp3) is 0.231. The van der Waals surface area contributed by atoms with E-state index < -0.39 is 0 Å². The summed E-state index contributed by atoms with van der Waals surface area (Å²) in [6.07, 6.45) is 1.75. The topological polar surface area (TPSA) is 55.8 Å². The van der Waals surface area contributed by atoms with E-state index in [0.29, 0.717) is 10.7 Å². The van der Waals surface area contributed by atoms with Crippen LogP contribution < -0.4 is 9.47 Å². The van der Waals surface area contributed by atoms with Gasteiger partial charge in [0, 0.05) is 5.56 Å². The number of aryl methyl sites for hydroxylation is 1. The molecule has 1 aliphatic rings. The van der Waals surface area contributed by atoms with Crippen molar-refractivity contribution in [3.8, 4) is 11.5 Å². The third-order valence-electron chi connectivity index (χ3n) is 5.02. The average molecular weight is 448 g/mol. The van der Waals surface area contributed by atoms with Crippen LogP contribution >= 0.6 is 11.8 Å². The quantitative estimate of drug-likeness (QED) is 0.413. The number of carbonyl (C=O) groups excluding carboxylic acids is 2. The van der Waals surface area contributed by atoms with Gasteiger partial charge in [-0.15, -0.1) is 0 Å². The minimum atomic E-state index is -0.309. The van der Waals surface area contributed by atoms with Crippen LogP contribution in [0.25, 0.3) is 16.8 Å². The number of amides is 2. The number of thioether (sulfide) groups is 1. The Hall–Kier alpha value is -3.25. The zero-order valence-corrected chi connectivity index (χ0v) is 19.1. The Balaban J connectivity index is 1.56. The van der Waals surface area contributed by atoms with Crippen molar-refractivity contribution in [2.24, 2.45) is 0 Å². The minimum Gasteiger partial charge on any atom is -0.492 e. The Kier molecular flexibility index (Phi) is 6.51. The lowest BCUT2D eigenvalue weighted by Crippen LogP contribution is -2.32. The molecule has 32 heavy (non-hydrogen) atoms. The van der Waals surface area contributed by atoms with Gasteiger partial charge >= 0.3 is 0 Å². The molecule has 1 fully saturated rings. The molecule has 0 bridgehead atoms. The summed E-state index contributed by atoms with van der Waals surface area (Å²) < 4.78 is 11.7. The highest BCUT2D eigenvalue weighted by atomic mass is 32.2. The Morgan fingerprint density at radius 3 is 2.62 bits per heavy atom. The summed E-state index contributed by atoms with van der Waals surface area (Å²) in [6.45, 7) is 6.34. The number of fused-ring (bicyclic) bond motifs is 1. The smallest absolute Gasteiger partial charge is 0.293 e. The average Bonchev–Trinajstić information content (AvgIpc) is 3.02. The lowest BCUT2D eigenvalue weighted by Gasteiger charge is -2.15. The standard InChI is InChI=1S/C26H25NO4S/c1-17(2)31-23-12-11-19-8-4-5-10-21(19)22(23)16-24-25(28)27(26(29)32-24)13-14-30-20-9-6-7-18(3)15-20/h4-12,15-17H,13-14H2,1-3H3/b24-16-. The molecule has 4 rings (SSSR count). The van der Waals surface area contributed by atoms with Crippen molar-refractivity contribution in [2.45, 2.75) is 26.9 Å². The number of rotatable bonds is 7. The molecule has 6 heteroatoms. The molecule has 0 spiro atoms. The van der Waals surface area contributed by atoms with Crippen LogP contribution in [0.1, 0.15) is 25.0 Å². The molecule has 0 N–H and O–H groups in total. The first-order valence-electron chi connectivity index (χ1n) is 10.6. The fourth-order valence-corrected chi connectivity index (χ4v) is 4.41. The zero-order chi connectivity index (χ0) is 22.7. The molecular weight excluding hydrogens is 422 g/mol. The van der Waals surface area contributed by atoms with Gasteiger partial charge in [0.1, 0.15) is 18.1 Å². The van der Waals surface area contributed by atoms with Gasteiger partial charge in [0.15, 0.2) is 0 Å². The first-order valence-corrected chi connectivity index (χ1v) is 11.4. The summed E-state index contributed by atoms with van der Waals surface area (Å²) in [5.41, 5.74) is 1.89. The molecule has 3 aromatic rings. The molecule has 164 valence electrons. The Morgan fingerprint density at radius 2 is 1.84 bits per heavy atom. The van der Waals surface area contributed by atoms with Crippen LogP contribution in [0.3, 0.4) is 0 Å². The highest BCUT2D eigenvalue weighted by Crippen LogP contribution is 2.37. The number of ether oxygens (including phenoxy) is 2. The van der Waals surface area contributed by atoms with E-state index in [2.05, 4.69) is 0 Å². The molecular formula is C26H25NO4S.